The lowest BCUT2D eigenvalue weighted by Crippen LogP contribution is -2.14. The van der Waals surface area contributed by atoms with Gasteiger partial charge in [-0.05, 0) is 63.0 Å². The highest BCUT2D eigenvalue weighted by Gasteiger charge is 2.07. The van der Waals surface area contributed by atoms with Gasteiger partial charge in [0.1, 0.15) is 0 Å². The molecule has 0 bridgehead atoms. The highest BCUT2D eigenvalue weighted by Crippen LogP contribution is 2.28. The van der Waals surface area contributed by atoms with Gasteiger partial charge in [-0.25, -0.2) is 0 Å². The van der Waals surface area contributed by atoms with Gasteiger partial charge in [0.05, 0.1) is 10.0 Å². The Morgan fingerprint density at radius 3 is 2.58 bits per heavy atom. The number of halogens is 3. The van der Waals surface area contributed by atoms with Crippen LogP contribution in [0.5, 0.6) is 0 Å². The van der Waals surface area contributed by atoms with Crippen molar-refractivity contribution in [2.24, 2.45) is 0 Å². The third-order valence-corrected chi connectivity index (χ3v) is 5.51. The van der Waals surface area contributed by atoms with Crippen molar-refractivity contribution in [2.45, 2.75) is 13.0 Å². The molecule has 0 fully saturated rings. The molecule has 0 unspecified atom stereocenters. The summed E-state index contributed by atoms with van der Waals surface area (Å²) in [4.78, 5) is 2.22. The maximum absolute atomic E-state index is 6.12. The van der Waals surface area contributed by atoms with Crippen LogP contribution in [0, 0.1) is 0 Å². The largest absolute Gasteiger partial charge is 0.347 e. The highest BCUT2D eigenvalue weighted by atomic mass is 79.9. The first kappa shape index (κ1) is 19.5. The van der Waals surface area contributed by atoms with E-state index in [1.54, 1.807) is 0 Å². The van der Waals surface area contributed by atoms with Crippen molar-refractivity contribution >= 4 is 62.2 Å². The molecule has 0 amide bonds. The Hall–Kier alpha value is -1.26. The molecule has 0 spiro atoms. The third kappa shape index (κ3) is 4.72. The molecule has 26 heavy (non-hydrogen) atoms. The van der Waals surface area contributed by atoms with Crippen LogP contribution in [0.4, 0.5) is 0 Å². The fourth-order valence-electron chi connectivity index (χ4n) is 2.97. The Kier molecular flexibility index (Phi) is 6.46. The molecule has 3 aromatic rings. The predicted octanol–water partition coefficient (Wildman–Crippen LogP) is 6.83. The molecule has 0 saturated carbocycles. The van der Waals surface area contributed by atoms with Crippen LogP contribution < -0.4 is 0 Å². The van der Waals surface area contributed by atoms with E-state index >= 15 is 0 Å². The van der Waals surface area contributed by atoms with Gasteiger partial charge >= 0.3 is 0 Å². The van der Waals surface area contributed by atoms with E-state index in [-0.39, 0.29) is 0 Å². The first-order valence-electron chi connectivity index (χ1n) is 8.50. The number of fused-ring (bicyclic) bond motifs is 1. The van der Waals surface area contributed by atoms with Crippen LogP contribution >= 0.6 is 39.1 Å². The number of aryl methyl sites for hydroxylation is 1. The van der Waals surface area contributed by atoms with E-state index in [9.17, 15) is 0 Å². The second kappa shape index (κ2) is 8.62. The fourth-order valence-corrected chi connectivity index (χ4v) is 3.64. The first-order chi connectivity index (χ1) is 12.4. The zero-order valence-electron chi connectivity index (χ0n) is 14.8. The number of hydrogen-bond donors (Lipinski definition) is 0. The van der Waals surface area contributed by atoms with Crippen molar-refractivity contribution in [2.75, 3.05) is 20.6 Å². The molecule has 1 heterocycles. The molecule has 2 nitrogen and oxygen atoms in total. The zero-order chi connectivity index (χ0) is 18.7. The zero-order valence-corrected chi connectivity index (χ0v) is 17.9. The average Bonchev–Trinajstić information content (AvgIpc) is 2.93. The molecular weight excluding hydrogens is 431 g/mol. The molecule has 0 aliphatic rings. The maximum Gasteiger partial charge on any atom is 0.0598 e. The van der Waals surface area contributed by atoms with E-state index in [4.69, 9.17) is 23.2 Å². The smallest absolute Gasteiger partial charge is 0.0598 e. The molecular formula is C21H21BrCl2N2. The second-order valence-electron chi connectivity index (χ2n) is 6.60. The van der Waals surface area contributed by atoms with Crippen molar-refractivity contribution in [1.82, 2.24) is 9.47 Å². The van der Waals surface area contributed by atoms with Gasteiger partial charge in [0.15, 0.2) is 0 Å². The molecule has 0 atom stereocenters. The molecule has 5 heteroatoms. The van der Waals surface area contributed by atoms with Crippen LogP contribution in [0.15, 0.2) is 47.1 Å². The van der Waals surface area contributed by atoms with Crippen molar-refractivity contribution in [1.29, 1.82) is 0 Å². The quantitative estimate of drug-likeness (QED) is 0.398. The van der Waals surface area contributed by atoms with Crippen LogP contribution in [0.25, 0.3) is 23.1 Å². The summed E-state index contributed by atoms with van der Waals surface area (Å²) in [5.74, 6) is 0. The number of benzene rings is 2. The Labute approximate surface area is 173 Å². The summed E-state index contributed by atoms with van der Waals surface area (Å²) in [5, 5.41) is 2.38. The first-order valence-corrected chi connectivity index (χ1v) is 10.0. The minimum Gasteiger partial charge on any atom is -0.347 e. The molecule has 0 aliphatic heterocycles. The molecule has 0 radical (unpaired) electrons. The Balaban J connectivity index is 1.92. The summed E-state index contributed by atoms with van der Waals surface area (Å²) in [5.41, 5.74) is 3.47. The van der Waals surface area contributed by atoms with E-state index in [0.717, 1.165) is 29.5 Å². The standard InChI is InChI=1S/C21H21BrCl2N2/c1-25(2)10-3-11-26-14-16(18-13-17(22)7-9-21(18)26)6-4-15-5-8-19(23)20(24)12-15/h4-9,12-14H,3,10-11H2,1-2H3/b6-4+. The monoisotopic (exact) mass is 450 g/mol. The van der Waals surface area contributed by atoms with Gasteiger partial charge in [0.25, 0.3) is 0 Å². The summed E-state index contributed by atoms with van der Waals surface area (Å²) < 4.78 is 3.42. The second-order valence-corrected chi connectivity index (χ2v) is 8.33. The Bertz CT molecular complexity index is 945. The van der Waals surface area contributed by atoms with Gasteiger partial charge in [-0.3, -0.25) is 0 Å². The SMILES string of the molecule is CN(C)CCCn1cc(/C=C/c2ccc(Cl)c(Cl)c2)c2cc(Br)ccc21. The van der Waals surface area contributed by atoms with Crippen molar-refractivity contribution < 1.29 is 0 Å². The summed E-state index contributed by atoms with van der Waals surface area (Å²) >= 11 is 15.7. The Morgan fingerprint density at radius 1 is 1.04 bits per heavy atom. The lowest BCUT2D eigenvalue weighted by atomic mass is 10.1. The molecule has 136 valence electrons. The van der Waals surface area contributed by atoms with Crippen molar-refractivity contribution in [3.63, 3.8) is 0 Å². The minimum absolute atomic E-state index is 0.572. The summed E-state index contributed by atoms with van der Waals surface area (Å²) in [6, 6.07) is 12.1. The summed E-state index contributed by atoms with van der Waals surface area (Å²) in [6.07, 6.45) is 7.54. The number of nitrogens with zero attached hydrogens (tertiary/aromatic N) is 2. The Morgan fingerprint density at radius 2 is 1.85 bits per heavy atom. The van der Waals surface area contributed by atoms with Crippen LogP contribution in [0.3, 0.4) is 0 Å². The lowest BCUT2D eigenvalue weighted by molar-refractivity contribution is 0.388. The molecule has 0 aliphatic carbocycles. The molecule has 3 rings (SSSR count). The molecule has 2 aromatic carbocycles. The number of rotatable bonds is 6. The van der Waals surface area contributed by atoms with Crippen LogP contribution in [0.1, 0.15) is 17.5 Å². The van der Waals surface area contributed by atoms with E-state index in [1.807, 2.05) is 18.2 Å². The van der Waals surface area contributed by atoms with E-state index < -0.39 is 0 Å². The maximum atomic E-state index is 6.12. The molecule has 0 N–H and O–H groups in total. The van der Waals surface area contributed by atoms with Crippen molar-refractivity contribution in [3.05, 3.63) is 68.2 Å². The summed E-state index contributed by atoms with van der Waals surface area (Å²) in [7, 11) is 4.21. The number of aromatic nitrogens is 1. The third-order valence-electron chi connectivity index (χ3n) is 4.28. The molecule has 0 saturated heterocycles. The average molecular weight is 452 g/mol. The van der Waals surface area contributed by atoms with Crippen LogP contribution in [-0.2, 0) is 6.54 Å². The van der Waals surface area contributed by atoms with E-state index in [0.29, 0.717) is 10.0 Å². The van der Waals surface area contributed by atoms with Gasteiger partial charge in [-0.2, -0.15) is 0 Å². The fraction of sp³-hybridized carbons (Fsp3) is 0.238. The van der Waals surface area contributed by atoms with Gasteiger partial charge in [0, 0.05) is 33.7 Å². The van der Waals surface area contributed by atoms with E-state index in [2.05, 4.69) is 76.0 Å². The van der Waals surface area contributed by atoms with Gasteiger partial charge < -0.3 is 9.47 Å². The van der Waals surface area contributed by atoms with Gasteiger partial charge in [-0.1, -0.05) is 57.4 Å². The van der Waals surface area contributed by atoms with Gasteiger partial charge in [-0.15, -0.1) is 0 Å². The number of hydrogen-bond acceptors (Lipinski definition) is 1. The van der Waals surface area contributed by atoms with Crippen LogP contribution in [-0.4, -0.2) is 30.1 Å². The summed E-state index contributed by atoms with van der Waals surface area (Å²) in [6.45, 7) is 2.07. The van der Waals surface area contributed by atoms with Gasteiger partial charge in [0.2, 0.25) is 0 Å². The highest BCUT2D eigenvalue weighted by molar-refractivity contribution is 9.10. The predicted molar refractivity (Wildman–Crippen MR) is 118 cm³/mol. The minimum atomic E-state index is 0.572. The topological polar surface area (TPSA) is 8.17 Å². The normalized spacial score (nSPS) is 11.9. The van der Waals surface area contributed by atoms with Crippen LogP contribution in [0.2, 0.25) is 10.0 Å². The van der Waals surface area contributed by atoms with E-state index in [1.165, 1.54) is 16.5 Å². The lowest BCUT2D eigenvalue weighted by Gasteiger charge is -2.10. The van der Waals surface area contributed by atoms with Crippen molar-refractivity contribution in [3.8, 4) is 0 Å². The molecule has 1 aromatic heterocycles.